The summed E-state index contributed by atoms with van der Waals surface area (Å²) in [6.07, 6.45) is 5.19. The van der Waals surface area contributed by atoms with Gasteiger partial charge in [-0.3, -0.25) is 10.4 Å². The molecule has 0 aliphatic heterocycles. The molecule has 0 aliphatic rings. The van der Waals surface area contributed by atoms with Crippen LogP contribution in [-0.4, -0.2) is 14.5 Å². The third-order valence-electron chi connectivity index (χ3n) is 2.52. The molecule has 2 aromatic heterocycles. The smallest absolute Gasteiger partial charge is 1.00 e. The number of aryl methyl sites for hydroxylation is 1. The van der Waals surface area contributed by atoms with Crippen LogP contribution in [0.1, 0.15) is 0 Å². The number of nitrogens with one attached hydrogen (secondary N) is 1. The summed E-state index contributed by atoms with van der Waals surface area (Å²) in [5.74, 6) is 0. The van der Waals surface area contributed by atoms with Crippen LogP contribution in [0.5, 0.6) is 6.01 Å². The molecule has 22 heavy (non-hydrogen) atoms. The van der Waals surface area contributed by atoms with Crippen molar-refractivity contribution in [3.63, 3.8) is 0 Å². The summed E-state index contributed by atoms with van der Waals surface area (Å²) in [5.41, 5.74) is 0.0121. The van der Waals surface area contributed by atoms with Crippen LogP contribution in [0.25, 0.3) is 10.8 Å². The molecule has 3 rings (SSSR count). The van der Waals surface area contributed by atoms with Gasteiger partial charge in [0.1, 0.15) is 5.49 Å². The Labute approximate surface area is 149 Å². The number of pyridine rings is 1. The monoisotopic (exact) mass is 500 g/mol. The van der Waals surface area contributed by atoms with Crippen LogP contribution in [0.2, 0.25) is 0 Å². The number of aromatic nitrogens is 3. The van der Waals surface area contributed by atoms with Crippen molar-refractivity contribution in [2.45, 2.75) is 0 Å². The predicted octanol–water partition coefficient (Wildman–Crippen LogP) is -1.63. The molecular formula is C14H16ClN5OPt. The van der Waals surface area contributed by atoms with Gasteiger partial charge in [0.25, 0.3) is 0 Å². The van der Waals surface area contributed by atoms with Crippen molar-refractivity contribution in [2.75, 3.05) is 0 Å². The third kappa shape index (κ3) is 6.35. The maximum Gasteiger partial charge on any atom is 2.00 e. The Morgan fingerprint density at radius 3 is 2.27 bits per heavy atom. The van der Waals surface area contributed by atoms with E-state index in [9.17, 15) is 5.11 Å². The van der Waals surface area contributed by atoms with Crippen LogP contribution in [0.3, 0.4) is 0 Å². The van der Waals surface area contributed by atoms with Crippen molar-refractivity contribution in [3.05, 3.63) is 60.5 Å². The van der Waals surface area contributed by atoms with Gasteiger partial charge >= 0.3 is 21.1 Å². The van der Waals surface area contributed by atoms with Gasteiger partial charge in [-0.05, 0) is 22.9 Å². The van der Waals surface area contributed by atoms with E-state index in [0.29, 0.717) is 0 Å². The minimum absolute atomic E-state index is 0. The molecule has 0 bridgehead atoms. The van der Waals surface area contributed by atoms with Crippen molar-refractivity contribution in [2.24, 2.45) is 7.05 Å². The second-order valence-corrected chi connectivity index (χ2v) is 3.93. The molecule has 0 atom stereocenters. The zero-order chi connectivity index (χ0) is 13.7. The maximum absolute atomic E-state index is 10.6. The molecule has 120 valence electrons. The quantitative estimate of drug-likeness (QED) is 0.386. The van der Waals surface area contributed by atoms with Crippen molar-refractivity contribution in [3.8, 4) is 6.01 Å². The van der Waals surface area contributed by atoms with E-state index in [1.165, 1.54) is 27.6 Å². The molecule has 1 aromatic carbocycles. The molecule has 4 N–H and O–H groups in total. The number of hydrogen-bond donors (Lipinski definition) is 2. The number of rotatable bonds is 0. The van der Waals surface area contributed by atoms with Crippen LogP contribution in [0.4, 0.5) is 0 Å². The Morgan fingerprint density at radius 2 is 1.73 bits per heavy atom. The van der Waals surface area contributed by atoms with Crippen LogP contribution >= 0.6 is 0 Å². The number of nitrogens with zero attached hydrogens (tertiary/aromatic N) is 3. The second-order valence-electron chi connectivity index (χ2n) is 3.93. The summed E-state index contributed by atoms with van der Waals surface area (Å²) in [7, 11) is 1.59. The van der Waals surface area contributed by atoms with Gasteiger partial charge in [0, 0.05) is 25.6 Å². The average Bonchev–Trinajstić information content (AvgIpc) is 2.44. The fourth-order valence-corrected chi connectivity index (χ4v) is 1.49. The number of fused-ring (bicyclic) bond motifs is 1. The summed E-state index contributed by atoms with van der Waals surface area (Å²) in [4.78, 5) is 7.36. The minimum atomic E-state index is -0.387. The van der Waals surface area contributed by atoms with Crippen molar-refractivity contribution in [1.29, 1.82) is 5.41 Å². The second kappa shape index (κ2) is 10.9. The molecule has 0 saturated heterocycles. The van der Waals surface area contributed by atoms with E-state index in [2.05, 4.69) is 22.1 Å². The molecule has 0 unspecified atom stereocenters. The Hall–Kier alpha value is -1.75. The van der Waals surface area contributed by atoms with Gasteiger partial charge in [0.05, 0.1) is 6.01 Å². The summed E-state index contributed by atoms with van der Waals surface area (Å²) >= 11 is 0. The molecule has 0 fully saturated rings. The molecule has 0 saturated carbocycles. The van der Waals surface area contributed by atoms with Gasteiger partial charge in [-0.2, -0.15) is 0 Å². The van der Waals surface area contributed by atoms with Crippen molar-refractivity contribution >= 4 is 10.8 Å². The fraction of sp³-hybridized carbons (Fsp3) is 0.0714. The summed E-state index contributed by atoms with van der Waals surface area (Å²) in [6.45, 7) is 0. The zero-order valence-electron chi connectivity index (χ0n) is 11.8. The SMILES string of the molecule is Cn1ccc(=N)nc1[O-].N.[Cl-].[Pt+2].c1ccc2cnccc2c1. The Kier molecular flexibility index (Phi) is 11.2. The maximum atomic E-state index is 10.6. The van der Waals surface area contributed by atoms with Gasteiger partial charge in [-0.15, -0.1) is 0 Å². The summed E-state index contributed by atoms with van der Waals surface area (Å²) in [5, 5.41) is 19.9. The number of halogens is 1. The van der Waals surface area contributed by atoms with Gasteiger partial charge in [0.2, 0.25) is 0 Å². The topological polar surface area (TPSA) is 113 Å². The Balaban J connectivity index is 0. The van der Waals surface area contributed by atoms with E-state index >= 15 is 0 Å². The third-order valence-corrected chi connectivity index (χ3v) is 2.52. The summed E-state index contributed by atoms with van der Waals surface area (Å²) < 4.78 is 1.32. The van der Waals surface area contributed by atoms with Crippen LogP contribution in [-0.2, 0) is 28.1 Å². The van der Waals surface area contributed by atoms with E-state index in [0.717, 1.165) is 0 Å². The minimum Gasteiger partial charge on any atom is -1.00 e. The average molecular weight is 501 g/mol. The molecule has 3 aromatic rings. The first-order valence-electron chi connectivity index (χ1n) is 5.71. The fourth-order valence-electron chi connectivity index (χ4n) is 1.49. The van der Waals surface area contributed by atoms with Gasteiger partial charge < -0.3 is 28.2 Å². The molecule has 8 heteroatoms. The molecule has 0 aliphatic carbocycles. The van der Waals surface area contributed by atoms with E-state index in [1.54, 1.807) is 7.05 Å². The van der Waals surface area contributed by atoms with Crippen LogP contribution < -0.4 is 29.2 Å². The van der Waals surface area contributed by atoms with Crippen LogP contribution in [0, 0.1) is 5.41 Å². The first-order valence-corrected chi connectivity index (χ1v) is 5.71. The Morgan fingerprint density at radius 1 is 1.09 bits per heavy atom. The first kappa shape index (κ1) is 22.5. The number of hydrogen-bond acceptors (Lipinski definition) is 5. The molecule has 2 heterocycles. The van der Waals surface area contributed by atoms with E-state index < -0.39 is 0 Å². The molecular weight excluding hydrogens is 485 g/mol. The van der Waals surface area contributed by atoms with Crippen molar-refractivity contribution < 1.29 is 38.6 Å². The number of benzene rings is 1. The first-order chi connectivity index (χ1) is 9.16. The molecule has 6 nitrogen and oxygen atoms in total. The van der Waals surface area contributed by atoms with E-state index in [1.807, 2.05) is 30.6 Å². The van der Waals surface area contributed by atoms with Crippen molar-refractivity contribution in [1.82, 2.24) is 20.7 Å². The molecule has 0 amide bonds. The van der Waals surface area contributed by atoms with E-state index in [-0.39, 0.29) is 51.1 Å². The van der Waals surface area contributed by atoms with Crippen LogP contribution in [0.15, 0.2) is 55.0 Å². The largest absolute Gasteiger partial charge is 2.00 e. The molecule has 0 radical (unpaired) electrons. The normalized spacial score (nSPS) is 8.41. The Bertz CT molecular complexity index is 685. The molecule has 0 spiro atoms. The summed E-state index contributed by atoms with van der Waals surface area (Å²) in [6, 6.07) is 11.3. The van der Waals surface area contributed by atoms with Gasteiger partial charge in [-0.25, -0.2) is 4.98 Å². The van der Waals surface area contributed by atoms with Gasteiger partial charge in [0.15, 0.2) is 0 Å². The van der Waals surface area contributed by atoms with E-state index in [4.69, 9.17) is 5.41 Å². The van der Waals surface area contributed by atoms with Gasteiger partial charge in [-0.1, -0.05) is 24.3 Å². The standard InChI is InChI=1S/C9H7N.C5H7N3O.ClH.H3N.Pt/c1-2-4-9-7-10-6-5-8(9)3-1;1-8-3-2-4(6)7-5(8)9;;;/h1-7H;2-3H,1H3,(H2,6,7,9);1H;1H3;/q;;;;+2/p-2. The zero-order valence-corrected chi connectivity index (χ0v) is 14.9. The predicted molar refractivity (Wildman–Crippen MR) is 75.3 cm³/mol.